The summed E-state index contributed by atoms with van der Waals surface area (Å²) in [6.07, 6.45) is -0.121. The van der Waals surface area contributed by atoms with Crippen LogP contribution in [0.4, 0.5) is 4.79 Å². The summed E-state index contributed by atoms with van der Waals surface area (Å²) in [5.41, 5.74) is 1.58. The van der Waals surface area contributed by atoms with Crippen LogP contribution in [0.1, 0.15) is 39.6 Å². The maximum atomic E-state index is 12.6. The molecule has 0 atom stereocenters. The van der Waals surface area contributed by atoms with E-state index in [4.69, 9.17) is 28.4 Å². The first-order valence-corrected chi connectivity index (χ1v) is 16.8. The van der Waals surface area contributed by atoms with Crippen molar-refractivity contribution >= 4 is 114 Å². The first kappa shape index (κ1) is 35.5. The molecule has 0 bridgehead atoms. The minimum absolute atomic E-state index is 0.0496. The molecule has 3 rings (SSSR count). The number of benzene rings is 3. The van der Waals surface area contributed by atoms with Crippen molar-refractivity contribution < 1.29 is 47.6 Å². The van der Waals surface area contributed by atoms with Gasteiger partial charge in [0.1, 0.15) is 11.5 Å². The normalized spacial score (nSPS) is 10.5. The van der Waals surface area contributed by atoms with Gasteiger partial charge in [-0.1, -0.05) is 12.1 Å². The fourth-order valence-corrected chi connectivity index (χ4v) is 7.66. The van der Waals surface area contributed by atoms with Crippen LogP contribution in [0.15, 0.2) is 48.5 Å². The Kier molecular flexibility index (Phi) is 14.5. The summed E-state index contributed by atoms with van der Waals surface area (Å²) in [5.74, 6) is -0.0362. The fourth-order valence-electron chi connectivity index (χ4n) is 3.46. The van der Waals surface area contributed by atoms with E-state index in [0.717, 1.165) is 12.7 Å². The molecular weight excluding hydrogens is 1020 g/mol. The molecule has 0 saturated heterocycles. The summed E-state index contributed by atoms with van der Waals surface area (Å²) in [4.78, 5) is 48.2. The summed E-state index contributed by atoms with van der Waals surface area (Å²) in [6.45, 7) is 1.53. The van der Waals surface area contributed by atoms with Crippen molar-refractivity contribution in [1.82, 2.24) is 0 Å². The van der Waals surface area contributed by atoms with Crippen LogP contribution in [0.3, 0.4) is 0 Å². The van der Waals surface area contributed by atoms with E-state index in [0.29, 0.717) is 37.0 Å². The number of carbonyl (C=O) groups is 4. The lowest BCUT2D eigenvalue weighted by atomic mass is 10.1. The molecule has 14 heteroatoms. The van der Waals surface area contributed by atoms with Crippen LogP contribution in [0.5, 0.6) is 17.2 Å². The van der Waals surface area contributed by atoms with Gasteiger partial charge in [0.25, 0.3) is 0 Å². The highest BCUT2D eigenvalue weighted by Crippen LogP contribution is 2.30. The van der Waals surface area contributed by atoms with Gasteiger partial charge in [0, 0.05) is 19.8 Å². The average Bonchev–Trinajstić information content (AvgIpc) is 2.95. The van der Waals surface area contributed by atoms with Gasteiger partial charge in [-0.2, -0.15) is 0 Å². The quantitative estimate of drug-likeness (QED) is 0.0460. The van der Waals surface area contributed by atoms with E-state index in [9.17, 15) is 19.2 Å². The number of hydrogen-bond acceptors (Lipinski definition) is 10. The third kappa shape index (κ3) is 11.2. The van der Waals surface area contributed by atoms with E-state index in [1.54, 1.807) is 55.6 Å². The topological polar surface area (TPSA) is 124 Å². The van der Waals surface area contributed by atoms with Gasteiger partial charge in [-0.25, -0.2) is 14.4 Å². The first-order valence-electron chi connectivity index (χ1n) is 12.5. The zero-order chi connectivity index (χ0) is 31.5. The van der Waals surface area contributed by atoms with Crippen molar-refractivity contribution in [3.05, 3.63) is 79.5 Å². The summed E-state index contributed by atoms with van der Waals surface area (Å²) in [5, 5.41) is 0. The van der Waals surface area contributed by atoms with Gasteiger partial charge in [0.05, 0.1) is 52.3 Å². The third-order valence-corrected chi connectivity index (χ3v) is 8.61. The molecule has 0 saturated carbocycles. The summed E-state index contributed by atoms with van der Waals surface area (Å²) >= 11 is 8.11. The van der Waals surface area contributed by atoms with E-state index < -0.39 is 24.1 Å². The number of methoxy groups -OCH3 is 1. The molecule has 0 heterocycles. The summed E-state index contributed by atoms with van der Waals surface area (Å²) in [6, 6.07) is 13.3. The lowest BCUT2D eigenvalue weighted by Crippen LogP contribution is -2.15. The molecule has 10 nitrogen and oxygen atoms in total. The lowest BCUT2D eigenvalue weighted by Gasteiger charge is -2.12. The van der Waals surface area contributed by atoms with Crippen LogP contribution in [0.2, 0.25) is 0 Å². The van der Waals surface area contributed by atoms with E-state index in [1.165, 1.54) is 6.92 Å². The van der Waals surface area contributed by atoms with Crippen molar-refractivity contribution in [1.29, 1.82) is 0 Å². The molecule has 0 aliphatic heterocycles. The van der Waals surface area contributed by atoms with Crippen LogP contribution in [-0.2, 0) is 25.4 Å². The van der Waals surface area contributed by atoms with Gasteiger partial charge in [-0.3, -0.25) is 4.79 Å². The fraction of sp³-hybridized carbons (Fsp3) is 0.241. The molecule has 3 aromatic carbocycles. The van der Waals surface area contributed by atoms with Gasteiger partial charge < -0.3 is 28.4 Å². The van der Waals surface area contributed by atoms with Gasteiger partial charge in [0.15, 0.2) is 5.75 Å². The van der Waals surface area contributed by atoms with Crippen molar-refractivity contribution in [2.24, 2.45) is 0 Å². The monoisotopic (exact) mass is 1040 g/mol. The van der Waals surface area contributed by atoms with Crippen molar-refractivity contribution in [2.75, 3.05) is 26.9 Å². The zero-order valence-corrected chi connectivity index (χ0v) is 31.4. The van der Waals surface area contributed by atoms with Gasteiger partial charge in [0.2, 0.25) is 0 Å². The Morgan fingerprint density at radius 3 is 1.60 bits per heavy atom. The molecule has 0 fully saturated rings. The molecule has 0 N–H and O–H groups in total. The second kappa shape index (κ2) is 17.5. The van der Waals surface area contributed by atoms with E-state index in [2.05, 4.69) is 45.2 Å². The maximum Gasteiger partial charge on any atom is 0.513 e. The predicted octanol–water partition coefficient (Wildman–Crippen LogP) is 7.20. The molecule has 0 aliphatic carbocycles. The summed E-state index contributed by atoms with van der Waals surface area (Å²) < 4.78 is 34.1. The Morgan fingerprint density at radius 1 is 0.651 bits per heavy atom. The lowest BCUT2D eigenvalue weighted by molar-refractivity contribution is -0.131. The Balaban J connectivity index is 1.42. The highest BCUT2D eigenvalue weighted by Gasteiger charge is 2.18. The Hall–Kier alpha value is -1.94. The Bertz CT molecular complexity index is 1450. The number of carbonyl (C=O) groups excluding carboxylic acids is 4. The molecule has 0 spiro atoms. The number of ether oxygens (including phenoxy) is 6. The number of esters is 3. The van der Waals surface area contributed by atoms with Crippen LogP contribution < -0.4 is 14.2 Å². The second-order valence-corrected chi connectivity index (χ2v) is 13.2. The van der Waals surface area contributed by atoms with Crippen LogP contribution in [-0.4, -0.2) is 51.0 Å². The molecular formula is C29H24I4O10. The van der Waals surface area contributed by atoms with Crippen LogP contribution >= 0.6 is 90.4 Å². The van der Waals surface area contributed by atoms with Crippen molar-refractivity contribution in [3.8, 4) is 17.2 Å². The minimum atomic E-state index is -0.878. The highest BCUT2D eigenvalue weighted by atomic mass is 127. The smallest absolute Gasteiger partial charge is 0.495 e. The van der Waals surface area contributed by atoms with Gasteiger partial charge in [-0.05, 0) is 132 Å². The largest absolute Gasteiger partial charge is 0.513 e. The maximum absolute atomic E-state index is 12.6. The van der Waals surface area contributed by atoms with E-state index in [-0.39, 0.29) is 31.1 Å². The highest BCUT2D eigenvalue weighted by molar-refractivity contribution is 14.1. The summed E-state index contributed by atoms with van der Waals surface area (Å²) in [7, 11) is 1.57. The molecule has 0 radical (unpaired) electrons. The van der Waals surface area contributed by atoms with Crippen molar-refractivity contribution in [2.45, 2.75) is 19.8 Å². The molecule has 0 aromatic heterocycles. The van der Waals surface area contributed by atoms with Crippen LogP contribution in [0, 0.1) is 14.3 Å². The Labute approximate surface area is 302 Å². The number of hydrogen-bond donors (Lipinski definition) is 0. The second-order valence-electron chi connectivity index (χ2n) is 8.56. The van der Waals surface area contributed by atoms with Crippen LogP contribution in [0.25, 0.3) is 0 Å². The molecule has 0 aliphatic rings. The van der Waals surface area contributed by atoms with Gasteiger partial charge in [-0.15, -0.1) is 0 Å². The standard InChI is InChI=1S/C29H24I4O10/c1-16(34)42-20-6-4-17(5-7-20)8-11-41-29(37)43-26-23(32)14-19(15-24(26)33)28(36)40-10-3-9-39-27(35)18-12-21(30)25(38-2)22(31)13-18/h4-7,12-15H,3,8-11H2,1-2H3. The number of halogens is 4. The molecule has 3 aromatic rings. The zero-order valence-electron chi connectivity index (χ0n) is 22.7. The first-order chi connectivity index (χ1) is 20.5. The van der Waals surface area contributed by atoms with E-state index in [1.807, 2.05) is 45.2 Å². The molecule has 43 heavy (non-hydrogen) atoms. The third-order valence-electron chi connectivity index (χ3n) is 5.41. The van der Waals surface area contributed by atoms with E-state index >= 15 is 0 Å². The van der Waals surface area contributed by atoms with Gasteiger partial charge >= 0.3 is 24.1 Å². The number of rotatable bonds is 12. The SMILES string of the molecule is COc1c(I)cc(C(=O)OCCCOC(=O)c2cc(I)c(OC(=O)OCCc3ccc(OC(C)=O)cc3)c(I)c2)cc1I. The molecule has 0 amide bonds. The predicted molar refractivity (Wildman–Crippen MR) is 189 cm³/mol. The average molecular weight is 1040 g/mol. The Morgan fingerprint density at radius 2 is 1.14 bits per heavy atom. The molecule has 228 valence electrons. The van der Waals surface area contributed by atoms with Crippen molar-refractivity contribution in [3.63, 3.8) is 0 Å². The minimum Gasteiger partial charge on any atom is -0.495 e. The molecule has 0 unspecified atom stereocenters.